The van der Waals surface area contributed by atoms with Crippen molar-refractivity contribution in [3.8, 4) is 5.95 Å². The topological polar surface area (TPSA) is 66.2 Å². The van der Waals surface area contributed by atoms with Crippen molar-refractivity contribution < 1.29 is 18.7 Å². The lowest BCUT2D eigenvalue weighted by Gasteiger charge is -2.49. The second-order valence-electron chi connectivity index (χ2n) is 6.92. The number of furan rings is 1. The largest absolute Gasteiger partial charge is 0.468 e. The molecule has 3 rings (SSSR count). The lowest BCUT2D eigenvalue weighted by atomic mass is 9.86. The number of hydrogen-bond acceptors (Lipinski definition) is 5. The molecule has 2 aliphatic rings. The fourth-order valence-electron chi connectivity index (χ4n) is 3.90. The van der Waals surface area contributed by atoms with Crippen LogP contribution in [-0.4, -0.2) is 78.9 Å². The van der Waals surface area contributed by atoms with E-state index in [4.69, 9.17) is 9.15 Å². The van der Waals surface area contributed by atoms with Crippen LogP contribution >= 0.6 is 0 Å². The molecule has 0 bridgehead atoms. The van der Waals surface area contributed by atoms with Crippen LogP contribution in [0.5, 0.6) is 5.95 Å². The third-order valence-corrected chi connectivity index (χ3v) is 5.67. The van der Waals surface area contributed by atoms with Crippen LogP contribution < -0.4 is 4.74 Å². The molecule has 3 heterocycles. The molecule has 0 N–H and O–H groups in total. The monoisotopic (exact) mass is 349 g/mol. The zero-order valence-corrected chi connectivity index (χ0v) is 15.3. The molecule has 1 aromatic heterocycles. The molecule has 1 aromatic rings. The molecule has 2 fully saturated rings. The Balaban J connectivity index is 1.76. The maximum Gasteiger partial charge on any atom is 0.289 e. The summed E-state index contributed by atoms with van der Waals surface area (Å²) in [5.74, 6) is 0.743. The van der Waals surface area contributed by atoms with Crippen LogP contribution in [0.2, 0.25) is 0 Å². The number of nitrogens with zero attached hydrogens (tertiary/aromatic N) is 3. The van der Waals surface area contributed by atoms with Crippen molar-refractivity contribution in [2.24, 2.45) is 0 Å². The molecule has 0 aromatic carbocycles. The molecule has 0 aliphatic carbocycles. The highest BCUT2D eigenvalue weighted by molar-refractivity contribution is 5.91. The molecular formula is C18H27N3O4. The first-order valence-corrected chi connectivity index (χ1v) is 8.91. The van der Waals surface area contributed by atoms with Gasteiger partial charge in [0.15, 0.2) is 5.76 Å². The Labute approximate surface area is 148 Å². The summed E-state index contributed by atoms with van der Waals surface area (Å²) in [6.45, 7) is 5.58. The third-order valence-electron chi connectivity index (χ3n) is 5.67. The zero-order valence-electron chi connectivity index (χ0n) is 15.3. The van der Waals surface area contributed by atoms with E-state index in [-0.39, 0.29) is 17.4 Å². The fraction of sp³-hybridized carbons (Fsp3) is 0.667. The van der Waals surface area contributed by atoms with Crippen molar-refractivity contribution in [1.82, 2.24) is 14.7 Å². The summed E-state index contributed by atoms with van der Waals surface area (Å²) in [5.41, 5.74) is -0.149. The minimum absolute atomic E-state index is 0.112. The van der Waals surface area contributed by atoms with Gasteiger partial charge in [-0.05, 0) is 32.9 Å². The summed E-state index contributed by atoms with van der Waals surface area (Å²) in [6.07, 6.45) is 2.20. The molecule has 138 valence electrons. The number of likely N-dealkylation sites (N-methyl/N-ethyl adjacent to an activating group) is 1. The predicted octanol–water partition coefficient (Wildman–Crippen LogP) is 1.45. The second-order valence-corrected chi connectivity index (χ2v) is 6.92. The van der Waals surface area contributed by atoms with Crippen LogP contribution in [0.3, 0.4) is 0 Å². The van der Waals surface area contributed by atoms with Gasteiger partial charge in [-0.25, -0.2) is 0 Å². The van der Waals surface area contributed by atoms with Gasteiger partial charge in [-0.3, -0.25) is 14.5 Å². The average Bonchev–Trinajstić information content (AvgIpc) is 3.04. The van der Waals surface area contributed by atoms with Crippen molar-refractivity contribution in [2.75, 3.05) is 46.9 Å². The van der Waals surface area contributed by atoms with Crippen molar-refractivity contribution in [3.05, 3.63) is 17.9 Å². The van der Waals surface area contributed by atoms with Crippen molar-refractivity contribution in [3.63, 3.8) is 0 Å². The van der Waals surface area contributed by atoms with Gasteiger partial charge in [0, 0.05) is 50.7 Å². The van der Waals surface area contributed by atoms with Gasteiger partial charge < -0.3 is 19.0 Å². The number of likely N-dealkylation sites (tertiary alicyclic amines) is 1. The van der Waals surface area contributed by atoms with Gasteiger partial charge in [-0.2, -0.15) is 0 Å². The first kappa shape index (κ1) is 17.8. The molecule has 0 unspecified atom stereocenters. The Morgan fingerprint density at radius 3 is 2.76 bits per heavy atom. The molecule has 0 radical (unpaired) electrons. The quantitative estimate of drug-likeness (QED) is 0.826. The van der Waals surface area contributed by atoms with E-state index in [1.165, 1.54) is 7.11 Å². The van der Waals surface area contributed by atoms with Crippen LogP contribution in [-0.2, 0) is 4.79 Å². The Hall–Kier alpha value is -2.02. The molecule has 2 aliphatic heterocycles. The molecule has 1 atom stereocenters. The Morgan fingerprint density at radius 2 is 2.08 bits per heavy atom. The smallest absolute Gasteiger partial charge is 0.289 e. The van der Waals surface area contributed by atoms with E-state index in [1.54, 1.807) is 12.1 Å². The predicted molar refractivity (Wildman–Crippen MR) is 92.6 cm³/mol. The first-order chi connectivity index (χ1) is 12.0. The van der Waals surface area contributed by atoms with Gasteiger partial charge in [0.05, 0.1) is 7.11 Å². The average molecular weight is 349 g/mol. The van der Waals surface area contributed by atoms with Gasteiger partial charge in [0.2, 0.25) is 5.91 Å². The number of methoxy groups -OCH3 is 1. The summed E-state index contributed by atoms with van der Waals surface area (Å²) in [7, 11) is 3.61. The van der Waals surface area contributed by atoms with Gasteiger partial charge in [0.1, 0.15) is 0 Å². The maximum atomic E-state index is 12.8. The molecule has 7 heteroatoms. The maximum absolute atomic E-state index is 12.8. The van der Waals surface area contributed by atoms with Gasteiger partial charge in [0.25, 0.3) is 11.9 Å². The normalized spacial score (nSPS) is 25.3. The van der Waals surface area contributed by atoms with Crippen molar-refractivity contribution in [2.45, 2.75) is 31.7 Å². The van der Waals surface area contributed by atoms with E-state index < -0.39 is 0 Å². The standard InChI is InChI=1S/C18H27N3O4/c1-4-20-10-9-18(8-7-15(20)22)13-21(12-11-19(18)2)17(23)14-5-6-16(24-3)25-14/h5-6H,4,7-13H2,1-3H3/t18-/m1/s1. The van der Waals surface area contributed by atoms with E-state index in [0.29, 0.717) is 31.2 Å². The number of ether oxygens (including phenoxy) is 1. The Bertz CT molecular complexity index is 644. The summed E-state index contributed by atoms with van der Waals surface area (Å²) in [4.78, 5) is 31.2. The molecule has 2 amide bonds. The Kier molecular flexibility index (Phi) is 5.03. The second kappa shape index (κ2) is 7.07. The molecular weight excluding hydrogens is 322 g/mol. The third kappa shape index (κ3) is 3.38. The molecule has 25 heavy (non-hydrogen) atoms. The molecule has 0 saturated carbocycles. The number of piperazine rings is 1. The number of amides is 2. The van der Waals surface area contributed by atoms with Crippen LogP contribution in [0.25, 0.3) is 0 Å². The summed E-state index contributed by atoms with van der Waals surface area (Å²) in [6, 6.07) is 3.31. The van der Waals surface area contributed by atoms with Crippen molar-refractivity contribution >= 4 is 11.8 Å². The zero-order chi connectivity index (χ0) is 18.0. The SMILES string of the molecule is CCN1CC[C@]2(CCC1=O)CN(C(=O)c1ccc(OC)o1)CCN2C. The van der Waals surface area contributed by atoms with E-state index in [2.05, 4.69) is 11.9 Å². The highest BCUT2D eigenvalue weighted by Gasteiger charge is 2.43. The molecule has 7 nitrogen and oxygen atoms in total. The van der Waals surface area contributed by atoms with E-state index >= 15 is 0 Å². The lowest BCUT2D eigenvalue weighted by molar-refractivity contribution is -0.130. The van der Waals surface area contributed by atoms with Gasteiger partial charge >= 0.3 is 0 Å². The van der Waals surface area contributed by atoms with Crippen LogP contribution in [0.15, 0.2) is 16.5 Å². The van der Waals surface area contributed by atoms with E-state index in [9.17, 15) is 9.59 Å². The summed E-state index contributed by atoms with van der Waals surface area (Å²) < 4.78 is 10.5. The van der Waals surface area contributed by atoms with Crippen molar-refractivity contribution in [1.29, 1.82) is 0 Å². The van der Waals surface area contributed by atoms with Crippen LogP contribution in [0, 0.1) is 0 Å². The minimum atomic E-state index is -0.149. The number of carbonyl (C=O) groups is 2. The number of hydrogen-bond donors (Lipinski definition) is 0. The Morgan fingerprint density at radius 1 is 1.28 bits per heavy atom. The van der Waals surface area contributed by atoms with E-state index in [1.807, 2.05) is 16.7 Å². The highest BCUT2D eigenvalue weighted by atomic mass is 16.6. The number of rotatable bonds is 3. The minimum Gasteiger partial charge on any atom is -0.468 e. The number of carbonyl (C=O) groups excluding carboxylic acids is 2. The van der Waals surface area contributed by atoms with Gasteiger partial charge in [-0.15, -0.1) is 0 Å². The first-order valence-electron chi connectivity index (χ1n) is 8.91. The highest BCUT2D eigenvalue weighted by Crippen LogP contribution is 2.33. The van der Waals surface area contributed by atoms with Gasteiger partial charge in [-0.1, -0.05) is 0 Å². The fourth-order valence-corrected chi connectivity index (χ4v) is 3.90. The summed E-state index contributed by atoms with van der Waals surface area (Å²) in [5, 5.41) is 0. The molecule has 1 spiro atoms. The lowest BCUT2D eigenvalue weighted by Crippen LogP contribution is -2.62. The van der Waals surface area contributed by atoms with E-state index in [0.717, 1.165) is 32.5 Å². The van der Waals surface area contributed by atoms with Crippen LogP contribution in [0.4, 0.5) is 0 Å². The summed E-state index contributed by atoms with van der Waals surface area (Å²) >= 11 is 0. The molecule has 2 saturated heterocycles. The van der Waals surface area contributed by atoms with Crippen LogP contribution in [0.1, 0.15) is 36.7 Å².